The zero-order chi connectivity index (χ0) is 22.8. The van der Waals surface area contributed by atoms with E-state index in [4.69, 9.17) is 9.47 Å². The topological polar surface area (TPSA) is 113 Å². The molecule has 0 radical (unpaired) electrons. The standard InChI is InChI=1S/C22H33N5O5/c1-2-31-19(28)8-4-10-24-22(30)27-13-11-26(12-14-27)20-18(7-3-9-23-20)21(29)25-16-17-6-5-15-32-17/h3,7,9,17H,2,4-6,8,10-16H2,1H3,(H,24,30)(H,25,29)/t17-/m1/s1. The van der Waals surface area contributed by atoms with Crippen LogP contribution in [0, 0.1) is 0 Å². The van der Waals surface area contributed by atoms with Crippen LogP contribution < -0.4 is 15.5 Å². The summed E-state index contributed by atoms with van der Waals surface area (Å²) in [5.41, 5.74) is 0.530. The smallest absolute Gasteiger partial charge is 0.317 e. The van der Waals surface area contributed by atoms with Gasteiger partial charge in [-0.3, -0.25) is 9.59 Å². The molecule has 2 saturated heterocycles. The number of rotatable bonds is 9. The lowest BCUT2D eigenvalue weighted by molar-refractivity contribution is -0.143. The Morgan fingerprint density at radius 3 is 2.75 bits per heavy atom. The van der Waals surface area contributed by atoms with Crippen LogP contribution in [0.2, 0.25) is 0 Å². The minimum atomic E-state index is -0.249. The summed E-state index contributed by atoms with van der Waals surface area (Å²) >= 11 is 0. The minimum Gasteiger partial charge on any atom is -0.466 e. The Kier molecular flexibility index (Phi) is 9.09. The number of carbonyl (C=O) groups excluding carboxylic acids is 3. The van der Waals surface area contributed by atoms with Gasteiger partial charge in [0.2, 0.25) is 0 Å². The summed E-state index contributed by atoms with van der Waals surface area (Å²) in [5, 5.41) is 5.80. The molecule has 0 unspecified atom stereocenters. The van der Waals surface area contributed by atoms with Gasteiger partial charge in [-0.1, -0.05) is 0 Å². The maximum Gasteiger partial charge on any atom is 0.317 e. The number of ether oxygens (including phenoxy) is 2. The lowest BCUT2D eigenvalue weighted by atomic mass is 10.2. The van der Waals surface area contributed by atoms with Gasteiger partial charge in [-0.15, -0.1) is 0 Å². The highest BCUT2D eigenvalue weighted by molar-refractivity contribution is 5.99. The summed E-state index contributed by atoms with van der Waals surface area (Å²) in [4.78, 5) is 44.7. The summed E-state index contributed by atoms with van der Waals surface area (Å²) in [6.45, 7) is 6.02. The van der Waals surface area contributed by atoms with Gasteiger partial charge in [-0.05, 0) is 38.3 Å². The number of nitrogens with one attached hydrogen (secondary N) is 2. The molecule has 0 spiro atoms. The van der Waals surface area contributed by atoms with Crippen molar-refractivity contribution in [3.8, 4) is 0 Å². The fraction of sp³-hybridized carbons (Fsp3) is 0.636. The van der Waals surface area contributed by atoms with Crippen LogP contribution in [0.3, 0.4) is 0 Å². The number of carbonyl (C=O) groups is 3. The molecule has 10 nitrogen and oxygen atoms in total. The van der Waals surface area contributed by atoms with E-state index in [1.54, 1.807) is 30.2 Å². The molecule has 0 saturated carbocycles. The molecule has 10 heteroatoms. The van der Waals surface area contributed by atoms with Gasteiger partial charge in [0.25, 0.3) is 5.91 Å². The Morgan fingerprint density at radius 2 is 2.03 bits per heavy atom. The normalized spacial score (nSPS) is 18.3. The lowest BCUT2D eigenvalue weighted by Crippen LogP contribution is -2.52. The zero-order valence-corrected chi connectivity index (χ0v) is 18.7. The molecule has 2 aliphatic rings. The van der Waals surface area contributed by atoms with Gasteiger partial charge < -0.3 is 29.9 Å². The van der Waals surface area contributed by atoms with Crippen molar-refractivity contribution in [2.45, 2.75) is 38.7 Å². The highest BCUT2D eigenvalue weighted by Crippen LogP contribution is 2.19. The first-order chi connectivity index (χ1) is 15.6. The highest BCUT2D eigenvalue weighted by atomic mass is 16.5. The van der Waals surface area contributed by atoms with Crippen molar-refractivity contribution in [3.63, 3.8) is 0 Å². The molecular weight excluding hydrogens is 414 g/mol. The number of hydrogen-bond acceptors (Lipinski definition) is 7. The molecule has 3 rings (SSSR count). The number of piperazine rings is 1. The number of amides is 3. The first-order valence-electron chi connectivity index (χ1n) is 11.4. The molecule has 0 aliphatic carbocycles. The van der Waals surface area contributed by atoms with Crippen molar-refractivity contribution in [2.75, 3.05) is 57.4 Å². The number of pyridine rings is 1. The van der Waals surface area contributed by atoms with Crippen LogP contribution in [0.25, 0.3) is 0 Å². The van der Waals surface area contributed by atoms with E-state index in [1.165, 1.54) is 0 Å². The molecule has 0 bridgehead atoms. The van der Waals surface area contributed by atoms with Crippen molar-refractivity contribution in [1.82, 2.24) is 20.5 Å². The number of aromatic nitrogens is 1. The van der Waals surface area contributed by atoms with E-state index in [9.17, 15) is 14.4 Å². The van der Waals surface area contributed by atoms with Gasteiger partial charge in [0.15, 0.2) is 0 Å². The summed E-state index contributed by atoms with van der Waals surface area (Å²) in [6.07, 6.45) is 4.59. The second-order valence-electron chi connectivity index (χ2n) is 7.83. The Morgan fingerprint density at radius 1 is 1.22 bits per heavy atom. The maximum absolute atomic E-state index is 12.7. The van der Waals surface area contributed by atoms with E-state index >= 15 is 0 Å². The third-order valence-electron chi connectivity index (χ3n) is 5.55. The molecule has 1 atom stereocenters. The molecule has 0 aromatic carbocycles. The van der Waals surface area contributed by atoms with Crippen LogP contribution in [0.4, 0.5) is 10.6 Å². The molecule has 2 fully saturated rings. The summed E-state index contributed by atoms with van der Waals surface area (Å²) in [6, 6.07) is 3.38. The molecular formula is C22H33N5O5. The van der Waals surface area contributed by atoms with Crippen molar-refractivity contribution >= 4 is 23.7 Å². The Labute approximate surface area is 188 Å². The number of esters is 1. The van der Waals surface area contributed by atoms with E-state index in [0.717, 1.165) is 19.4 Å². The SMILES string of the molecule is CCOC(=O)CCCNC(=O)N1CCN(c2ncccc2C(=O)NC[C@H]2CCCO2)CC1. The van der Waals surface area contributed by atoms with Gasteiger partial charge in [-0.2, -0.15) is 0 Å². The van der Waals surface area contributed by atoms with Gasteiger partial charge in [0, 0.05) is 58.5 Å². The first-order valence-corrected chi connectivity index (χ1v) is 11.4. The number of nitrogens with zero attached hydrogens (tertiary/aromatic N) is 3. The van der Waals surface area contributed by atoms with Crippen LogP contribution in [0.15, 0.2) is 18.3 Å². The summed E-state index contributed by atoms with van der Waals surface area (Å²) in [5.74, 6) is 0.221. The van der Waals surface area contributed by atoms with Crippen LogP contribution >= 0.6 is 0 Å². The van der Waals surface area contributed by atoms with E-state index in [1.807, 2.05) is 4.90 Å². The average Bonchev–Trinajstić information content (AvgIpc) is 3.34. The molecule has 1 aromatic heterocycles. The van der Waals surface area contributed by atoms with Gasteiger partial charge in [0.05, 0.1) is 18.3 Å². The summed E-state index contributed by atoms with van der Waals surface area (Å²) in [7, 11) is 0. The monoisotopic (exact) mass is 447 g/mol. The van der Waals surface area contributed by atoms with Gasteiger partial charge in [-0.25, -0.2) is 9.78 Å². The Bertz CT molecular complexity index is 776. The molecule has 2 aliphatic heterocycles. The van der Waals surface area contributed by atoms with Crippen LogP contribution in [-0.2, 0) is 14.3 Å². The average molecular weight is 448 g/mol. The molecule has 176 valence electrons. The van der Waals surface area contributed by atoms with E-state index in [-0.39, 0.29) is 24.0 Å². The third-order valence-corrected chi connectivity index (χ3v) is 5.55. The van der Waals surface area contributed by atoms with Crippen molar-refractivity contribution in [1.29, 1.82) is 0 Å². The number of urea groups is 1. The Balaban J connectivity index is 1.45. The minimum absolute atomic E-state index is 0.0819. The predicted molar refractivity (Wildman–Crippen MR) is 119 cm³/mol. The van der Waals surface area contributed by atoms with Crippen LogP contribution in [0.1, 0.15) is 43.0 Å². The lowest BCUT2D eigenvalue weighted by Gasteiger charge is -2.36. The van der Waals surface area contributed by atoms with Crippen LogP contribution in [0.5, 0.6) is 0 Å². The van der Waals surface area contributed by atoms with E-state index in [2.05, 4.69) is 15.6 Å². The maximum atomic E-state index is 12.7. The third kappa shape index (κ3) is 6.81. The Hall–Kier alpha value is -2.88. The van der Waals surface area contributed by atoms with Crippen molar-refractivity contribution in [3.05, 3.63) is 23.9 Å². The molecule has 32 heavy (non-hydrogen) atoms. The van der Waals surface area contributed by atoms with E-state index in [0.29, 0.717) is 70.1 Å². The molecule has 3 amide bonds. The van der Waals surface area contributed by atoms with Crippen molar-refractivity contribution in [2.24, 2.45) is 0 Å². The van der Waals surface area contributed by atoms with Gasteiger partial charge >= 0.3 is 12.0 Å². The van der Waals surface area contributed by atoms with E-state index < -0.39 is 0 Å². The van der Waals surface area contributed by atoms with Gasteiger partial charge in [0.1, 0.15) is 5.82 Å². The molecule has 1 aromatic rings. The second-order valence-corrected chi connectivity index (χ2v) is 7.83. The molecule has 3 heterocycles. The quantitative estimate of drug-likeness (QED) is 0.431. The zero-order valence-electron chi connectivity index (χ0n) is 18.7. The first kappa shape index (κ1) is 23.8. The number of hydrogen-bond donors (Lipinski definition) is 2. The second kappa shape index (κ2) is 12.2. The van der Waals surface area contributed by atoms with Crippen LogP contribution in [-0.4, -0.2) is 86.4 Å². The highest BCUT2D eigenvalue weighted by Gasteiger charge is 2.25. The number of anilines is 1. The predicted octanol–water partition coefficient (Wildman–Crippen LogP) is 1.17. The summed E-state index contributed by atoms with van der Waals surface area (Å²) < 4.78 is 10.4. The fourth-order valence-corrected chi connectivity index (χ4v) is 3.83. The largest absolute Gasteiger partial charge is 0.466 e. The molecule has 2 N–H and O–H groups in total. The van der Waals surface area contributed by atoms with Crippen molar-refractivity contribution < 1.29 is 23.9 Å². The fourth-order valence-electron chi connectivity index (χ4n) is 3.83.